The SMILES string of the molecule is O=c1cc(NCCCNC2CCNc3c(F)cc(Br)cc32)[nH]c2ccsc12. The highest BCUT2D eigenvalue weighted by atomic mass is 79.9. The van der Waals surface area contributed by atoms with Gasteiger partial charge in [0.25, 0.3) is 0 Å². The summed E-state index contributed by atoms with van der Waals surface area (Å²) in [6.07, 6.45) is 1.80. The zero-order valence-electron chi connectivity index (χ0n) is 14.6. The van der Waals surface area contributed by atoms with Gasteiger partial charge in [-0.3, -0.25) is 4.79 Å². The molecule has 2 aromatic heterocycles. The molecule has 0 radical (unpaired) electrons. The summed E-state index contributed by atoms with van der Waals surface area (Å²) in [7, 11) is 0. The first-order valence-electron chi connectivity index (χ1n) is 8.92. The largest absolute Gasteiger partial charge is 0.382 e. The highest BCUT2D eigenvalue weighted by Crippen LogP contribution is 2.34. The van der Waals surface area contributed by atoms with Gasteiger partial charge in [0, 0.05) is 29.7 Å². The van der Waals surface area contributed by atoms with E-state index in [1.807, 2.05) is 17.5 Å². The van der Waals surface area contributed by atoms with Crippen LogP contribution in [0.4, 0.5) is 15.9 Å². The minimum atomic E-state index is -0.222. The summed E-state index contributed by atoms with van der Waals surface area (Å²) >= 11 is 4.82. The molecule has 4 N–H and O–H groups in total. The predicted molar refractivity (Wildman–Crippen MR) is 114 cm³/mol. The van der Waals surface area contributed by atoms with Gasteiger partial charge in [-0.1, -0.05) is 15.9 Å². The van der Waals surface area contributed by atoms with Crippen LogP contribution >= 0.6 is 27.3 Å². The molecule has 4 rings (SSSR count). The first-order chi connectivity index (χ1) is 13.1. The number of anilines is 2. The van der Waals surface area contributed by atoms with Crippen LogP contribution in [0, 0.1) is 5.82 Å². The van der Waals surface area contributed by atoms with Gasteiger partial charge in [0.1, 0.15) is 11.6 Å². The van der Waals surface area contributed by atoms with Gasteiger partial charge in [-0.2, -0.15) is 0 Å². The van der Waals surface area contributed by atoms with Crippen LogP contribution in [0.15, 0.2) is 38.9 Å². The number of fused-ring (bicyclic) bond motifs is 2. The summed E-state index contributed by atoms with van der Waals surface area (Å²) in [5, 5.41) is 11.8. The van der Waals surface area contributed by atoms with Crippen LogP contribution in [0.25, 0.3) is 10.2 Å². The molecule has 1 aliphatic rings. The van der Waals surface area contributed by atoms with E-state index >= 15 is 0 Å². The second-order valence-electron chi connectivity index (χ2n) is 6.56. The molecule has 0 spiro atoms. The summed E-state index contributed by atoms with van der Waals surface area (Å²) in [6, 6.07) is 7.12. The molecule has 0 fully saturated rings. The van der Waals surface area contributed by atoms with Crippen molar-refractivity contribution in [3.8, 4) is 0 Å². The number of hydrogen-bond donors (Lipinski definition) is 4. The average Bonchev–Trinajstić information content (AvgIpc) is 3.11. The van der Waals surface area contributed by atoms with Crippen LogP contribution < -0.4 is 21.4 Å². The number of nitrogens with one attached hydrogen (secondary N) is 4. The van der Waals surface area contributed by atoms with Gasteiger partial charge in [-0.25, -0.2) is 4.39 Å². The molecule has 5 nitrogen and oxygen atoms in total. The Bertz CT molecular complexity index is 1020. The van der Waals surface area contributed by atoms with Crippen molar-refractivity contribution < 1.29 is 4.39 Å². The maximum Gasteiger partial charge on any atom is 0.201 e. The molecule has 0 saturated carbocycles. The van der Waals surface area contributed by atoms with Crippen molar-refractivity contribution in [3.63, 3.8) is 0 Å². The maximum absolute atomic E-state index is 14.1. The maximum atomic E-state index is 14.1. The lowest BCUT2D eigenvalue weighted by molar-refractivity contribution is 0.491. The molecule has 1 atom stereocenters. The minimum absolute atomic E-state index is 0.0401. The molecule has 0 aliphatic carbocycles. The number of halogens is 2. The van der Waals surface area contributed by atoms with E-state index in [1.165, 1.54) is 17.4 Å². The first-order valence-corrected chi connectivity index (χ1v) is 10.6. The summed E-state index contributed by atoms with van der Waals surface area (Å²) in [5.41, 5.74) is 2.47. The number of aromatic nitrogens is 1. The summed E-state index contributed by atoms with van der Waals surface area (Å²) in [6.45, 7) is 2.29. The van der Waals surface area contributed by atoms with E-state index in [2.05, 4.69) is 36.9 Å². The lowest BCUT2D eigenvalue weighted by Crippen LogP contribution is -2.30. The van der Waals surface area contributed by atoms with Crippen molar-refractivity contribution >= 4 is 49.0 Å². The molecule has 0 bridgehead atoms. The summed E-state index contributed by atoms with van der Waals surface area (Å²) in [4.78, 5) is 15.3. The molecule has 3 heterocycles. The van der Waals surface area contributed by atoms with Crippen molar-refractivity contribution in [3.05, 3.63) is 55.7 Å². The molecular weight excluding hydrogens is 431 g/mol. The summed E-state index contributed by atoms with van der Waals surface area (Å²) < 4.78 is 15.6. The van der Waals surface area contributed by atoms with E-state index in [0.29, 0.717) is 5.69 Å². The van der Waals surface area contributed by atoms with Crippen molar-refractivity contribution in [2.75, 3.05) is 30.3 Å². The number of hydrogen-bond acceptors (Lipinski definition) is 5. The number of rotatable bonds is 6. The van der Waals surface area contributed by atoms with E-state index in [9.17, 15) is 9.18 Å². The van der Waals surface area contributed by atoms with E-state index in [1.54, 1.807) is 6.07 Å². The normalized spacial score (nSPS) is 16.1. The third kappa shape index (κ3) is 4.02. The third-order valence-electron chi connectivity index (χ3n) is 4.69. The van der Waals surface area contributed by atoms with Crippen LogP contribution in [0.5, 0.6) is 0 Å². The van der Waals surface area contributed by atoms with Gasteiger partial charge in [0.05, 0.1) is 15.9 Å². The number of pyridine rings is 1. The zero-order valence-corrected chi connectivity index (χ0v) is 17.0. The highest BCUT2D eigenvalue weighted by Gasteiger charge is 2.22. The summed E-state index contributed by atoms with van der Waals surface area (Å²) in [5.74, 6) is 0.518. The van der Waals surface area contributed by atoms with Gasteiger partial charge in [0.2, 0.25) is 5.43 Å². The van der Waals surface area contributed by atoms with Gasteiger partial charge < -0.3 is 20.9 Å². The third-order valence-corrected chi connectivity index (χ3v) is 6.08. The second-order valence-corrected chi connectivity index (χ2v) is 8.40. The quantitative estimate of drug-likeness (QED) is 0.419. The topological polar surface area (TPSA) is 69.0 Å². The molecule has 0 amide bonds. The lowest BCUT2D eigenvalue weighted by atomic mass is 9.97. The standard InChI is InChI=1S/C19H20BrFN4OS/c20-11-8-12-14(2-6-24-18(12)13(21)9-11)22-4-1-5-23-17-10-16(26)19-15(25-17)3-7-27-19/h3,7-10,14,22,24H,1-2,4-6H2,(H2,23,25,26). The minimum Gasteiger partial charge on any atom is -0.382 e. The number of thiophene rings is 1. The average molecular weight is 451 g/mol. The van der Waals surface area contributed by atoms with Gasteiger partial charge >= 0.3 is 0 Å². The molecule has 1 aromatic carbocycles. The van der Waals surface area contributed by atoms with E-state index in [0.717, 1.165) is 58.5 Å². The van der Waals surface area contributed by atoms with Gasteiger partial charge in [0.15, 0.2) is 0 Å². The molecule has 3 aromatic rings. The molecule has 1 aliphatic heterocycles. The van der Waals surface area contributed by atoms with Crippen molar-refractivity contribution in [1.29, 1.82) is 0 Å². The Kier molecular flexibility index (Phi) is 5.47. The number of H-pyrrole nitrogens is 1. The predicted octanol–water partition coefficient (Wildman–Crippen LogP) is 4.44. The molecule has 8 heteroatoms. The van der Waals surface area contributed by atoms with Gasteiger partial charge in [-0.05, 0) is 48.5 Å². The Labute approximate surface area is 168 Å². The van der Waals surface area contributed by atoms with Crippen LogP contribution in [0.3, 0.4) is 0 Å². The Morgan fingerprint density at radius 3 is 3.07 bits per heavy atom. The molecular formula is C19H20BrFN4OS. The van der Waals surface area contributed by atoms with E-state index in [4.69, 9.17) is 0 Å². The Balaban J connectivity index is 1.31. The highest BCUT2D eigenvalue weighted by molar-refractivity contribution is 9.10. The van der Waals surface area contributed by atoms with Crippen molar-refractivity contribution in [2.45, 2.75) is 18.9 Å². The zero-order chi connectivity index (χ0) is 18.8. The molecule has 142 valence electrons. The Hall–Kier alpha value is -1.90. The fraction of sp³-hybridized carbons (Fsp3) is 0.316. The van der Waals surface area contributed by atoms with Crippen LogP contribution in [-0.4, -0.2) is 24.6 Å². The Morgan fingerprint density at radius 2 is 2.19 bits per heavy atom. The Morgan fingerprint density at radius 1 is 1.30 bits per heavy atom. The first kappa shape index (κ1) is 18.5. The fourth-order valence-electron chi connectivity index (χ4n) is 3.42. The van der Waals surface area contributed by atoms with Crippen LogP contribution in [0.2, 0.25) is 0 Å². The smallest absolute Gasteiger partial charge is 0.201 e. The van der Waals surface area contributed by atoms with Crippen LogP contribution in [-0.2, 0) is 0 Å². The van der Waals surface area contributed by atoms with E-state index in [-0.39, 0.29) is 17.3 Å². The molecule has 0 saturated heterocycles. The monoisotopic (exact) mass is 450 g/mol. The van der Waals surface area contributed by atoms with Crippen LogP contribution in [0.1, 0.15) is 24.4 Å². The molecule has 27 heavy (non-hydrogen) atoms. The molecule has 1 unspecified atom stereocenters. The fourth-order valence-corrected chi connectivity index (χ4v) is 4.63. The second kappa shape index (κ2) is 8.00. The lowest BCUT2D eigenvalue weighted by Gasteiger charge is -2.28. The van der Waals surface area contributed by atoms with Crippen molar-refractivity contribution in [2.24, 2.45) is 0 Å². The van der Waals surface area contributed by atoms with E-state index < -0.39 is 0 Å². The number of aromatic amines is 1. The van der Waals surface area contributed by atoms with Crippen molar-refractivity contribution in [1.82, 2.24) is 10.3 Å². The van der Waals surface area contributed by atoms with Gasteiger partial charge in [-0.15, -0.1) is 11.3 Å². The number of benzene rings is 1.